The Morgan fingerprint density at radius 1 is 1.19 bits per heavy atom. The first-order chi connectivity index (χ1) is 10.1. The lowest BCUT2D eigenvalue weighted by atomic mass is 9.98. The van der Waals surface area contributed by atoms with Crippen LogP contribution in [0.15, 0.2) is 45.3 Å². The van der Waals surface area contributed by atoms with Crippen molar-refractivity contribution in [2.24, 2.45) is 0 Å². The molecule has 1 unspecified atom stereocenters. The van der Waals surface area contributed by atoms with E-state index in [4.69, 9.17) is 15.2 Å². The van der Waals surface area contributed by atoms with Gasteiger partial charge < -0.3 is 15.2 Å². The van der Waals surface area contributed by atoms with E-state index in [9.17, 15) is 0 Å². The minimum Gasteiger partial charge on any atom is -0.488 e. The average molecular weight is 413 g/mol. The van der Waals surface area contributed by atoms with Gasteiger partial charge in [0.1, 0.15) is 18.5 Å². The maximum atomic E-state index is 5.94. The molecular formula is C16H15Br2NO2. The van der Waals surface area contributed by atoms with Crippen LogP contribution in [0.3, 0.4) is 0 Å². The molecule has 21 heavy (non-hydrogen) atoms. The SMILES string of the molecule is Nc1cc(Br)c(OCC2OCCc3ccccc32)c(Br)c1. The molecule has 2 N–H and O–H groups in total. The summed E-state index contributed by atoms with van der Waals surface area (Å²) in [6.45, 7) is 1.20. The van der Waals surface area contributed by atoms with Gasteiger partial charge in [-0.2, -0.15) is 0 Å². The van der Waals surface area contributed by atoms with E-state index in [0.717, 1.165) is 27.7 Å². The van der Waals surface area contributed by atoms with Crippen molar-refractivity contribution >= 4 is 37.5 Å². The van der Waals surface area contributed by atoms with Crippen molar-refractivity contribution in [2.45, 2.75) is 12.5 Å². The minimum atomic E-state index is -0.0358. The number of ether oxygens (including phenoxy) is 2. The third-order valence-electron chi connectivity index (χ3n) is 3.49. The maximum absolute atomic E-state index is 5.94. The van der Waals surface area contributed by atoms with Gasteiger partial charge in [-0.15, -0.1) is 0 Å². The molecular weight excluding hydrogens is 398 g/mol. The fourth-order valence-corrected chi connectivity index (χ4v) is 3.94. The van der Waals surface area contributed by atoms with Crippen molar-refractivity contribution in [3.63, 3.8) is 0 Å². The highest BCUT2D eigenvalue weighted by atomic mass is 79.9. The third kappa shape index (κ3) is 3.25. The van der Waals surface area contributed by atoms with Crippen LogP contribution in [0.25, 0.3) is 0 Å². The Balaban J connectivity index is 1.78. The summed E-state index contributed by atoms with van der Waals surface area (Å²) in [6, 6.07) is 12.0. The Bertz CT molecular complexity index is 637. The van der Waals surface area contributed by atoms with Crippen LogP contribution in [-0.4, -0.2) is 13.2 Å². The number of hydrogen-bond acceptors (Lipinski definition) is 3. The Labute approximate surface area is 140 Å². The lowest BCUT2D eigenvalue weighted by Crippen LogP contribution is -2.21. The molecule has 0 bridgehead atoms. The number of fused-ring (bicyclic) bond motifs is 1. The van der Waals surface area contributed by atoms with Gasteiger partial charge in [-0.05, 0) is 61.5 Å². The normalized spacial score (nSPS) is 17.3. The summed E-state index contributed by atoms with van der Waals surface area (Å²) in [5.41, 5.74) is 9.03. The van der Waals surface area contributed by atoms with E-state index >= 15 is 0 Å². The van der Waals surface area contributed by atoms with Crippen LogP contribution in [0.2, 0.25) is 0 Å². The highest BCUT2D eigenvalue weighted by Gasteiger charge is 2.21. The Morgan fingerprint density at radius 2 is 1.90 bits per heavy atom. The van der Waals surface area contributed by atoms with Gasteiger partial charge in [0.2, 0.25) is 0 Å². The van der Waals surface area contributed by atoms with Crippen LogP contribution in [0.5, 0.6) is 5.75 Å². The molecule has 2 aromatic carbocycles. The molecule has 2 aromatic rings. The summed E-state index contributed by atoms with van der Waals surface area (Å²) in [5.74, 6) is 0.746. The van der Waals surface area contributed by atoms with Gasteiger partial charge in [-0.3, -0.25) is 0 Å². The fourth-order valence-electron chi connectivity index (χ4n) is 2.49. The summed E-state index contributed by atoms with van der Waals surface area (Å²) >= 11 is 6.96. The lowest BCUT2D eigenvalue weighted by molar-refractivity contribution is 0.00985. The molecule has 0 spiro atoms. The van der Waals surface area contributed by atoms with Gasteiger partial charge in [-0.25, -0.2) is 0 Å². The molecule has 0 saturated heterocycles. The molecule has 0 aromatic heterocycles. The second kappa shape index (κ2) is 6.38. The van der Waals surface area contributed by atoms with Crippen molar-refractivity contribution in [2.75, 3.05) is 18.9 Å². The first kappa shape index (κ1) is 14.9. The number of halogens is 2. The van der Waals surface area contributed by atoms with Crippen LogP contribution < -0.4 is 10.5 Å². The number of anilines is 1. The van der Waals surface area contributed by atoms with Crippen molar-refractivity contribution in [3.8, 4) is 5.75 Å². The zero-order valence-electron chi connectivity index (χ0n) is 11.3. The van der Waals surface area contributed by atoms with Gasteiger partial charge in [0.25, 0.3) is 0 Å². The Hall–Kier alpha value is -1.04. The van der Waals surface area contributed by atoms with E-state index in [1.807, 2.05) is 18.2 Å². The van der Waals surface area contributed by atoms with E-state index in [1.54, 1.807) is 0 Å². The molecule has 3 nitrogen and oxygen atoms in total. The van der Waals surface area contributed by atoms with Crippen molar-refractivity contribution in [3.05, 3.63) is 56.5 Å². The number of nitrogen functional groups attached to an aromatic ring is 1. The summed E-state index contributed by atoms with van der Waals surface area (Å²) in [4.78, 5) is 0. The Kier molecular flexibility index (Phi) is 4.52. The topological polar surface area (TPSA) is 44.5 Å². The largest absolute Gasteiger partial charge is 0.488 e. The predicted molar refractivity (Wildman–Crippen MR) is 90.6 cm³/mol. The third-order valence-corrected chi connectivity index (χ3v) is 4.67. The maximum Gasteiger partial charge on any atom is 0.147 e. The molecule has 5 heteroatoms. The molecule has 0 fully saturated rings. The van der Waals surface area contributed by atoms with Gasteiger partial charge >= 0.3 is 0 Å². The van der Waals surface area contributed by atoms with Crippen LogP contribution >= 0.6 is 31.9 Å². The number of benzene rings is 2. The molecule has 1 aliphatic rings. The van der Waals surface area contributed by atoms with Crippen molar-refractivity contribution in [1.29, 1.82) is 0 Å². The highest BCUT2D eigenvalue weighted by Crippen LogP contribution is 2.37. The first-order valence-electron chi connectivity index (χ1n) is 6.72. The van der Waals surface area contributed by atoms with Crippen molar-refractivity contribution in [1.82, 2.24) is 0 Å². The molecule has 110 valence electrons. The average Bonchev–Trinajstić information content (AvgIpc) is 2.46. The van der Waals surface area contributed by atoms with Gasteiger partial charge in [0.05, 0.1) is 15.6 Å². The molecule has 1 atom stereocenters. The highest BCUT2D eigenvalue weighted by molar-refractivity contribution is 9.11. The fraction of sp³-hybridized carbons (Fsp3) is 0.250. The van der Waals surface area contributed by atoms with E-state index in [2.05, 4.69) is 50.1 Å². The van der Waals surface area contributed by atoms with Gasteiger partial charge in [-0.1, -0.05) is 24.3 Å². The molecule has 0 aliphatic carbocycles. The van der Waals surface area contributed by atoms with Gasteiger partial charge in [0, 0.05) is 5.69 Å². The molecule has 0 radical (unpaired) electrons. The van der Waals surface area contributed by atoms with Crippen LogP contribution in [0.1, 0.15) is 17.2 Å². The van der Waals surface area contributed by atoms with Crippen LogP contribution in [0.4, 0.5) is 5.69 Å². The second-order valence-electron chi connectivity index (χ2n) is 4.93. The molecule has 3 rings (SSSR count). The number of rotatable bonds is 3. The number of hydrogen-bond donors (Lipinski definition) is 1. The second-order valence-corrected chi connectivity index (χ2v) is 6.64. The van der Waals surface area contributed by atoms with Crippen LogP contribution in [0, 0.1) is 0 Å². The standard InChI is InChI=1S/C16H15Br2NO2/c17-13-7-11(19)8-14(18)16(13)21-9-15-12-4-2-1-3-10(12)5-6-20-15/h1-4,7-8,15H,5-6,9,19H2. The van der Waals surface area contributed by atoms with Crippen molar-refractivity contribution < 1.29 is 9.47 Å². The van der Waals surface area contributed by atoms with E-state index in [1.165, 1.54) is 11.1 Å². The molecule has 0 saturated carbocycles. The number of nitrogens with two attached hydrogens (primary N) is 1. The lowest BCUT2D eigenvalue weighted by Gasteiger charge is -2.26. The summed E-state index contributed by atoms with van der Waals surface area (Å²) in [6.07, 6.45) is 0.924. The predicted octanol–water partition coefficient (Wildman–Crippen LogP) is 4.49. The summed E-state index contributed by atoms with van der Waals surface area (Å²) < 4.78 is 13.5. The van der Waals surface area contributed by atoms with E-state index in [0.29, 0.717) is 12.3 Å². The molecule has 1 heterocycles. The zero-order valence-corrected chi connectivity index (χ0v) is 14.5. The van der Waals surface area contributed by atoms with E-state index < -0.39 is 0 Å². The Morgan fingerprint density at radius 3 is 2.67 bits per heavy atom. The summed E-state index contributed by atoms with van der Waals surface area (Å²) in [5, 5.41) is 0. The molecule has 0 amide bonds. The zero-order chi connectivity index (χ0) is 14.8. The first-order valence-corrected chi connectivity index (χ1v) is 8.30. The smallest absolute Gasteiger partial charge is 0.147 e. The summed E-state index contributed by atoms with van der Waals surface area (Å²) in [7, 11) is 0. The van der Waals surface area contributed by atoms with Crippen LogP contribution in [-0.2, 0) is 11.2 Å². The quantitative estimate of drug-likeness (QED) is 0.755. The molecule has 1 aliphatic heterocycles. The monoisotopic (exact) mass is 411 g/mol. The van der Waals surface area contributed by atoms with Gasteiger partial charge in [0.15, 0.2) is 0 Å². The van der Waals surface area contributed by atoms with E-state index in [-0.39, 0.29) is 6.10 Å². The minimum absolute atomic E-state index is 0.0358.